The molecule has 0 saturated heterocycles. The van der Waals surface area contributed by atoms with Crippen molar-refractivity contribution in [3.63, 3.8) is 0 Å². The molecule has 0 amide bonds. The standard InChI is InChI=1S/C23H24N4O2/c1-4-16-7-9-17(10-8-16)6-5-11-27-19-13-15(3)14(2)12-18(19)24-20-21(27)25-23(29)26-22(20)28/h7-10,12-13H,4-6,11H2,1-3H3,(H,26,28,29). The zero-order valence-electron chi connectivity index (χ0n) is 17.0. The molecular weight excluding hydrogens is 364 g/mol. The molecule has 6 heteroatoms. The summed E-state index contributed by atoms with van der Waals surface area (Å²) in [6.07, 6.45) is 2.79. The maximum Gasteiger partial charge on any atom is 0.349 e. The van der Waals surface area contributed by atoms with Gasteiger partial charge < -0.3 is 4.57 Å². The summed E-state index contributed by atoms with van der Waals surface area (Å²) in [5.41, 5.74) is 5.53. The summed E-state index contributed by atoms with van der Waals surface area (Å²) in [6.45, 7) is 6.86. The number of aromatic amines is 1. The van der Waals surface area contributed by atoms with Gasteiger partial charge in [0.05, 0.1) is 11.0 Å². The van der Waals surface area contributed by atoms with E-state index in [4.69, 9.17) is 0 Å². The third-order valence-electron chi connectivity index (χ3n) is 5.50. The van der Waals surface area contributed by atoms with Gasteiger partial charge in [-0.1, -0.05) is 31.2 Å². The van der Waals surface area contributed by atoms with Crippen LogP contribution in [0.1, 0.15) is 35.6 Å². The Morgan fingerprint density at radius 1 is 0.966 bits per heavy atom. The Kier molecular flexibility index (Phi) is 5.01. The van der Waals surface area contributed by atoms with Gasteiger partial charge >= 0.3 is 5.69 Å². The summed E-state index contributed by atoms with van der Waals surface area (Å²) in [4.78, 5) is 35.0. The van der Waals surface area contributed by atoms with E-state index in [1.807, 2.05) is 24.5 Å². The molecule has 6 nitrogen and oxygen atoms in total. The SMILES string of the molecule is CCc1ccc(CCCn2c3nc(=O)[nH]c(=O)c-3nc3cc(C)c(C)cc32)cc1. The topological polar surface area (TPSA) is 80.6 Å². The highest BCUT2D eigenvalue weighted by Crippen LogP contribution is 2.24. The number of rotatable bonds is 5. The Balaban J connectivity index is 1.76. The second-order valence-electron chi connectivity index (χ2n) is 7.51. The fraction of sp³-hybridized carbons (Fsp3) is 0.304. The quantitative estimate of drug-likeness (QED) is 0.532. The molecule has 148 valence electrons. The molecule has 1 N–H and O–H groups in total. The van der Waals surface area contributed by atoms with Gasteiger partial charge in [0, 0.05) is 6.54 Å². The van der Waals surface area contributed by atoms with Gasteiger partial charge in [0.25, 0.3) is 5.56 Å². The third kappa shape index (κ3) is 3.70. The van der Waals surface area contributed by atoms with Crippen molar-refractivity contribution in [3.8, 4) is 11.5 Å². The van der Waals surface area contributed by atoms with Crippen LogP contribution in [0.2, 0.25) is 0 Å². The number of benzene rings is 2. The van der Waals surface area contributed by atoms with Crippen molar-refractivity contribution in [2.24, 2.45) is 0 Å². The van der Waals surface area contributed by atoms with Gasteiger partial charge in [-0.25, -0.2) is 9.78 Å². The fourth-order valence-corrected chi connectivity index (χ4v) is 3.66. The van der Waals surface area contributed by atoms with Crippen LogP contribution in [0, 0.1) is 13.8 Å². The highest BCUT2D eigenvalue weighted by Gasteiger charge is 2.19. The molecule has 0 radical (unpaired) electrons. The average Bonchev–Trinajstić information content (AvgIpc) is 2.70. The van der Waals surface area contributed by atoms with E-state index >= 15 is 0 Å². The van der Waals surface area contributed by atoms with Crippen molar-refractivity contribution in [2.75, 3.05) is 0 Å². The predicted octanol–water partition coefficient (Wildman–Crippen LogP) is 3.40. The van der Waals surface area contributed by atoms with Crippen molar-refractivity contribution in [1.29, 1.82) is 0 Å². The third-order valence-corrected chi connectivity index (χ3v) is 5.50. The highest BCUT2D eigenvalue weighted by atomic mass is 16.2. The van der Waals surface area contributed by atoms with E-state index in [2.05, 4.69) is 52.2 Å². The number of hydrogen-bond acceptors (Lipinski definition) is 4. The molecular formula is C23H24N4O2. The molecule has 0 saturated carbocycles. The summed E-state index contributed by atoms with van der Waals surface area (Å²) in [7, 11) is 0. The lowest BCUT2D eigenvalue weighted by Gasteiger charge is -2.17. The summed E-state index contributed by atoms with van der Waals surface area (Å²) in [5.74, 6) is 0.343. The van der Waals surface area contributed by atoms with E-state index in [1.165, 1.54) is 11.1 Å². The van der Waals surface area contributed by atoms with Crippen LogP contribution in [0.25, 0.3) is 22.6 Å². The maximum atomic E-state index is 12.3. The lowest BCUT2D eigenvalue weighted by atomic mass is 10.1. The minimum atomic E-state index is -0.642. The fourth-order valence-electron chi connectivity index (χ4n) is 3.66. The minimum Gasteiger partial charge on any atom is -0.322 e. The van der Waals surface area contributed by atoms with Crippen molar-refractivity contribution in [2.45, 2.75) is 46.6 Å². The molecule has 0 bridgehead atoms. The van der Waals surface area contributed by atoms with Crippen molar-refractivity contribution in [3.05, 3.63) is 79.5 Å². The maximum absolute atomic E-state index is 12.3. The molecule has 0 fully saturated rings. The van der Waals surface area contributed by atoms with Gasteiger partial charge in [-0.05, 0) is 67.5 Å². The number of fused-ring (bicyclic) bond motifs is 2. The average molecular weight is 388 g/mol. The van der Waals surface area contributed by atoms with Crippen LogP contribution < -0.4 is 11.2 Å². The van der Waals surface area contributed by atoms with E-state index in [0.717, 1.165) is 41.4 Å². The monoisotopic (exact) mass is 388 g/mol. The zero-order chi connectivity index (χ0) is 20.5. The number of aryl methyl sites for hydroxylation is 5. The molecule has 0 aliphatic carbocycles. The second kappa shape index (κ2) is 7.62. The second-order valence-corrected chi connectivity index (χ2v) is 7.51. The summed E-state index contributed by atoms with van der Waals surface area (Å²) in [5, 5.41) is 0. The lowest BCUT2D eigenvalue weighted by molar-refractivity contribution is 0.648. The Bertz CT molecular complexity index is 1270. The highest BCUT2D eigenvalue weighted by molar-refractivity contribution is 5.81. The molecule has 4 rings (SSSR count). The van der Waals surface area contributed by atoms with Gasteiger partial charge in [0.15, 0.2) is 11.5 Å². The summed E-state index contributed by atoms with van der Waals surface area (Å²) >= 11 is 0. The number of hydrogen-bond donors (Lipinski definition) is 1. The Hall–Kier alpha value is -3.28. The largest absolute Gasteiger partial charge is 0.349 e. The lowest BCUT2D eigenvalue weighted by Crippen LogP contribution is -2.29. The molecule has 0 atom stereocenters. The van der Waals surface area contributed by atoms with E-state index in [0.29, 0.717) is 12.4 Å². The number of nitrogens with one attached hydrogen (secondary N) is 1. The number of H-pyrrole nitrogens is 1. The van der Waals surface area contributed by atoms with Crippen LogP contribution in [0.3, 0.4) is 0 Å². The predicted molar refractivity (Wildman–Crippen MR) is 115 cm³/mol. The van der Waals surface area contributed by atoms with Gasteiger partial charge in [-0.15, -0.1) is 0 Å². The smallest absolute Gasteiger partial charge is 0.322 e. The van der Waals surface area contributed by atoms with Crippen LogP contribution in [0.4, 0.5) is 0 Å². The van der Waals surface area contributed by atoms with Gasteiger partial charge in [0.2, 0.25) is 0 Å². The molecule has 2 aliphatic heterocycles. The first kappa shape index (κ1) is 19.1. The first-order chi connectivity index (χ1) is 14.0. The van der Waals surface area contributed by atoms with Crippen LogP contribution in [-0.4, -0.2) is 19.5 Å². The van der Waals surface area contributed by atoms with E-state index in [9.17, 15) is 9.59 Å². The van der Waals surface area contributed by atoms with Gasteiger partial charge in [-0.3, -0.25) is 9.78 Å². The molecule has 2 aromatic carbocycles. The van der Waals surface area contributed by atoms with Crippen LogP contribution in [0.15, 0.2) is 46.0 Å². The van der Waals surface area contributed by atoms with Crippen LogP contribution in [-0.2, 0) is 19.4 Å². The Morgan fingerprint density at radius 3 is 2.38 bits per heavy atom. The molecule has 29 heavy (non-hydrogen) atoms. The summed E-state index contributed by atoms with van der Waals surface area (Å²) in [6, 6.07) is 12.7. The molecule has 0 aromatic heterocycles. The van der Waals surface area contributed by atoms with E-state index in [1.54, 1.807) is 0 Å². The number of aromatic nitrogens is 4. The molecule has 2 aliphatic rings. The Labute approximate surface area is 168 Å². The zero-order valence-corrected chi connectivity index (χ0v) is 17.0. The summed E-state index contributed by atoms with van der Waals surface area (Å²) < 4.78 is 1.96. The van der Waals surface area contributed by atoms with Crippen LogP contribution in [0.5, 0.6) is 0 Å². The van der Waals surface area contributed by atoms with Gasteiger partial charge in [-0.2, -0.15) is 4.98 Å². The Morgan fingerprint density at radius 2 is 1.66 bits per heavy atom. The molecule has 0 unspecified atom stereocenters. The first-order valence-corrected chi connectivity index (χ1v) is 9.96. The van der Waals surface area contributed by atoms with Crippen molar-refractivity contribution in [1.82, 2.24) is 19.5 Å². The molecule has 2 aromatic rings. The van der Waals surface area contributed by atoms with Crippen LogP contribution >= 0.6 is 0 Å². The van der Waals surface area contributed by atoms with Crippen molar-refractivity contribution >= 4 is 11.0 Å². The van der Waals surface area contributed by atoms with E-state index < -0.39 is 11.2 Å². The normalized spacial score (nSPS) is 11.4. The molecule has 0 spiro atoms. The minimum absolute atomic E-state index is 0.202. The van der Waals surface area contributed by atoms with E-state index in [-0.39, 0.29) is 5.69 Å². The first-order valence-electron chi connectivity index (χ1n) is 9.96. The van der Waals surface area contributed by atoms with Gasteiger partial charge in [0.1, 0.15) is 0 Å². The molecule has 2 heterocycles. The van der Waals surface area contributed by atoms with Crippen molar-refractivity contribution < 1.29 is 0 Å². The number of nitrogens with zero attached hydrogens (tertiary/aromatic N) is 3.